The van der Waals surface area contributed by atoms with Crippen molar-refractivity contribution in [2.24, 2.45) is 0 Å². The molecule has 0 atom stereocenters. The van der Waals surface area contributed by atoms with Gasteiger partial charge >= 0.3 is 0 Å². The lowest BCUT2D eigenvalue weighted by Gasteiger charge is -2.09. The van der Waals surface area contributed by atoms with E-state index < -0.39 is 0 Å². The summed E-state index contributed by atoms with van der Waals surface area (Å²) in [6, 6.07) is 13.5. The smallest absolute Gasteiger partial charge is 0.169 e. The van der Waals surface area contributed by atoms with E-state index in [1.54, 1.807) is 18.2 Å². The van der Waals surface area contributed by atoms with Crippen molar-refractivity contribution in [2.45, 2.75) is 20.0 Å². The molecule has 0 saturated carbocycles. The predicted molar refractivity (Wildman–Crippen MR) is 74.7 cm³/mol. The van der Waals surface area contributed by atoms with Crippen molar-refractivity contribution in [3.8, 4) is 5.75 Å². The van der Waals surface area contributed by atoms with E-state index >= 15 is 0 Å². The molecule has 0 aromatic heterocycles. The molecule has 0 spiro atoms. The predicted octanol–water partition coefficient (Wildman–Crippen LogP) is 3.43. The molecular weight excluding hydrogens is 241 g/mol. The van der Waals surface area contributed by atoms with Gasteiger partial charge in [-0.05, 0) is 18.6 Å². The van der Waals surface area contributed by atoms with Crippen molar-refractivity contribution in [3.05, 3.63) is 65.0 Å². The van der Waals surface area contributed by atoms with Gasteiger partial charge in [0, 0.05) is 18.7 Å². The van der Waals surface area contributed by atoms with E-state index in [0.717, 1.165) is 6.54 Å². The molecule has 1 N–H and O–H groups in total. The summed E-state index contributed by atoms with van der Waals surface area (Å²) in [6.45, 7) is 3.26. The summed E-state index contributed by atoms with van der Waals surface area (Å²) in [6.07, 6.45) is 0. The van der Waals surface area contributed by atoms with E-state index in [4.69, 9.17) is 4.74 Å². The zero-order valence-electron chi connectivity index (χ0n) is 11.2. The third kappa shape index (κ3) is 3.55. The highest BCUT2D eigenvalue weighted by atomic mass is 19.1. The lowest BCUT2D eigenvalue weighted by atomic mass is 10.1. The maximum absolute atomic E-state index is 13.9. The fourth-order valence-electron chi connectivity index (χ4n) is 1.90. The number of hydrogen-bond donors (Lipinski definition) is 1. The van der Waals surface area contributed by atoms with Crippen LogP contribution in [0.25, 0.3) is 0 Å². The molecule has 0 heterocycles. The van der Waals surface area contributed by atoms with Crippen LogP contribution in [-0.2, 0) is 13.1 Å². The van der Waals surface area contributed by atoms with Crippen LogP contribution in [-0.4, -0.2) is 7.11 Å². The first-order chi connectivity index (χ1) is 9.20. The second kappa shape index (κ2) is 6.34. The molecule has 2 rings (SSSR count). The molecule has 0 amide bonds. The Hall–Kier alpha value is -1.87. The molecule has 2 aromatic rings. The van der Waals surface area contributed by atoms with Gasteiger partial charge in [-0.3, -0.25) is 0 Å². The van der Waals surface area contributed by atoms with Gasteiger partial charge in [-0.2, -0.15) is 0 Å². The van der Waals surface area contributed by atoms with Gasteiger partial charge in [0.05, 0.1) is 7.11 Å². The second-order valence-corrected chi connectivity index (χ2v) is 4.52. The van der Waals surface area contributed by atoms with Crippen molar-refractivity contribution >= 4 is 0 Å². The lowest BCUT2D eigenvalue weighted by molar-refractivity contribution is 0.383. The van der Waals surface area contributed by atoms with Crippen LogP contribution in [0.15, 0.2) is 42.5 Å². The van der Waals surface area contributed by atoms with E-state index in [-0.39, 0.29) is 11.6 Å². The van der Waals surface area contributed by atoms with Gasteiger partial charge in [-0.15, -0.1) is 0 Å². The van der Waals surface area contributed by atoms with Gasteiger partial charge in [-0.25, -0.2) is 4.39 Å². The van der Waals surface area contributed by atoms with Gasteiger partial charge < -0.3 is 10.1 Å². The van der Waals surface area contributed by atoms with Gasteiger partial charge in [0.1, 0.15) is 0 Å². The number of aryl methyl sites for hydroxylation is 1. The molecule has 0 aliphatic heterocycles. The highest BCUT2D eigenvalue weighted by Crippen LogP contribution is 2.19. The van der Waals surface area contributed by atoms with Crippen LogP contribution in [0.1, 0.15) is 16.7 Å². The van der Waals surface area contributed by atoms with Crippen LogP contribution in [0.4, 0.5) is 4.39 Å². The summed E-state index contributed by atoms with van der Waals surface area (Å²) in [4.78, 5) is 0. The van der Waals surface area contributed by atoms with E-state index in [1.165, 1.54) is 18.2 Å². The molecule has 0 aliphatic carbocycles. The largest absolute Gasteiger partial charge is 0.494 e. The minimum atomic E-state index is -0.290. The number of ether oxygens (including phenoxy) is 1. The van der Waals surface area contributed by atoms with Crippen LogP contribution >= 0.6 is 0 Å². The van der Waals surface area contributed by atoms with Gasteiger partial charge in [0.25, 0.3) is 0 Å². The van der Waals surface area contributed by atoms with E-state index in [1.807, 2.05) is 0 Å². The first-order valence-corrected chi connectivity index (χ1v) is 6.28. The Kier molecular flexibility index (Phi) is 4.53. The molecule has 2 aromatic carbocycles. The maximum atomic E-state index is 13.9. The average Bonchev–Trinajstić information content (AvgIpc) is 2.43. The Balaban J connectivity index is 1.94. The first kappa shape index (κ1) is 13.6. The van der Waals surface area contributed by atoms with Crippen molar-refractivity contribution < 1.29 is 9.13 Å². The summed E-state index contributed by atoms with van der Waals surface area (Å²) < 4.78 is 18.8. The Bertz CT molecular complexity index is 537. The van der Waals surface area contributed by atoms with Crippen molar-refractivity contribution in [2.75, 3.05) is 7.11 Å². The van der Waals surface area contributed by atoms with Gasteiger partial charge in [0.15, 0.2) is 11.6 Å². The number of rotatable bonds is 5. The third-order valence-corrected chi connectivity index (χ3v) is 3.03. The van der Waals surface area contributed by atoms with Gasteiger partial charge in [-0.1, -0.05) is 42.0 Å². The molecule has 0 radical (unpaired) electrons. The molecule has 0 saturated heterocycles. The molecule has 3 heteroatoms. The van der Waals surface area contributed by atoms with Crippen LogP contribution in [0, 0.1) is 12.7 Å². The lowest BCUT2D eigenvalue weighted by Crippen LogP contribution is -2.14. The number of halogens is 1. The molecule has 0 unspecified atom stereocenters. The fourth-order valence-corrected chi connectivity index (χ4v) is 1.90. The van der Waals surface area contributed by atoms with E-state index in [0.29, 0.717) is 12.1 Å². The maximum Gasteiger partial charge on any atom is 0.169 e. The third-order valence-electron chi connectivity index (χ3n) is 3.03. The molecule has 2 nitrogen and oxygen atoms in total. The quantitative estimate of drug-likeness (QED) is 0.888. The molecule has 19 heavy (non-hydrogen) atoms. The van der Waals surface area contributed by atoms with Gasteiger partial charge in [0.2, 0.25) is 0 Å². The number of benzene rings is 2. The summed E-state index contributed by atoms with van der Waals surface area (Å²) in [5.74, 6) is -0.00366. The second-order valence-electron chi connectivity index (χ2n) is 4.52. The molecule has 100 valence electrons. The zero-order valence-corrected chi connectivity index (χ0v) is 11.2. The fraction of sp³-hybridized carbons (Fsp3) is 0.250. The Morgan fingerprint density at radius 2 is 1.79 bits per heavy atom. The van der Waals surface area contributed by atoms with Crippen LogP contribution in [0.2, 0.25) is 0 Å². The molecule has 0 aliphatic rings. The monoisotopic (exact) mass is 259 g/mol. The van der Waals surface area contributed by atoms with Crippen LogP contribution in [0.5, 0.6) is 5.75 Å². The Labute approximate surface area is 113 Å². The Morgan fingerprint density at radius 1 is 1.05 bits per heavy atom. The number of methoxy groups -OCH3 is 1. The van der Waals surface area contributed by atoms with Crippen molar-refractivity contribution in [1.29, 1.82) is 0 Å². The summed E-state index contributed by atoms with van der Waals surface area (Å²) >= 11 is 0. The first-order valence-electron chi connectivity index (χ1n) is 6.28. The van der Waals surface area contributed by atoms with Crippen LogP contribution in [0.3, 0.4) is 0 Å². The molecule has 0 bridgehead atoms. The highest BCUT2D eigenvalue weighted by molar-refractivity contribution is 5.31. The summed E-state index contributed by atoms with van der Waals surface area (Å²) in [5.41, 5.74) is 3.04. The SMILES string of the molecule is COc1cccc(CNCc2ccc(C)cc2)c1F. The molecule has 0 fully saturated rings. The van der Waals surface area contributed by atoms with Crippen molar-refractivity contribution in [1.82, 2.24) is 5.32 Å². The molecular formula is C16H18FNO. The van der Waals surface area contributed by atoms with E-state index in [9.17, 15) is 4.39 Å². The number of nitrogens with one attached hydrogen (secondary N) is 1. The number of hydrogen-bond acceptors (Lipinski definition) is 2. The van der Waals surface area contributed by atoms with E-state index in [2.05, 4.69) is 36.5 Å². The zero-order chi connectivity index (χ0) is 13.7. The van der Waals surface area contributed by atoms with Crippen LogP contribution < -0.4 is 10.1 Å². The average molecular weight is 259 g/mol. The summed E-state index contributed by atoms with van der Waals surface area (Å²) in [7, 11) is 1.47. The Morgan fingerprint density at radius 3 is 2.47 bits per heavy atom. The highest BCUT2D eigenvalue weighted by Gasteiger charge is 2.07. The standard InChI is InChI=1S/C16H18FNO/c1-12-6-8-13(9-7-12)10-18-11-14-4-3-5-15(19-2)16(14)17/h3-9,18H,10-11H2,1-2H3. The minimum Gasteiger partial charge on any atom is -0.494 e. The minimum absolute atomic E-state index is 0.287. The topological polar surface area (TPSA) is 21.3 Å². The van der Waals surface area contributed by atoms with Crippen molar-refractivity contribution in [3.63, 3.8) is 0 Å². The normalized spacial score (nSPS) is 10.5. The summed E-state index contributed by atoms with van der Waals surface area (Å²) in [5, 5.41) is 3.23.